The van der Waals surface area contributed by atoms with Crippen molar-refractivity contribution < 1.29 is 18.0 Å². The highest BCUT2D eigenvalue weighted by atomic mass is 35.5. The maximum absolute atomic E-state index is 14.3. The maximum Gasteiger partial charge on any atom is 0.264 e. The van der Waals surface area contributed by atoms with Crippen LogP contribution in [0.25, 0.3) is 0 Å². The highest BCUT2D eigenvalue weighted by Gasteiger charge is 2.35. The van der Waals surface area contributed by atoms with Gasteiger partial charge in [-0.05, 0) is 81.5 Å². The van der Waals surface area contributed by atoms with Gasteiger partial charge in [-0.25, -0.2) is 8.42 Å². The Morgan fingerprint density at radius 1 is 0.952 bits per heavy atom. The number of hydrogen-bond acceptors (Lipinski definition) is 4. The van der Waals surface area contributed by atoms with Crippen LogP contribution >= 0.6 is 11.6 Å². The lowest BCUT2D eigenvalue weighted by Crippen LogP contribution is -2.53. The molecule has 9 heteroatoms. The van der Waals surface area contributed by atoms with Gasteiger partial charge in [-0.15, -0.1) is 0 Å². The van der Waals surface area contributed by atoms with Crippen LogP contribution in [-0.4, -0.2) is 43.8 Å². The third-order valence-electron chi connectivity index (χ3n) is 7.84. The Bertz CT molecular complexity index is 1520. The summed E-state index contributed by atoms with van der Waals surface area (Å²) in [6, 6.07) is 18.6. The molecule has 1 aliphatic rings. The molecule has 7 nitrogen and oxygen atoms in total. The number of rotatable bonds is 11. The molecule has 1 fully saturated rings. The van der Waals surface area contributed by atoms with Crippen molar-refractivity contribution in [1.82, 2.24) is 10.2 Å². The largest absolute Gasteiger partial charge is 0.352 e. The lowest BCUT2D eigenvalue weighted by atomic mass is 10.1. The average molecular weight is 610 g/mol. The van der Waals surface area contributed by atoms with E-state index in [9.17, 15) is 18.0 Å². The minimum Gasteiger partial charge on any atom is -0.352 e. The van der Waals surface area contributed by atoms with Crippen LogP contribution in [0.3, 0.4) is 0 Å². The first-order valence-corrected chi connectivity index (χ1v) is 16.3. The Hall–Kier alpha value is -3.36. The molecule has 1 N–H and O–H groups in total. The highest BCUT2D eigenvalue weighted by molar-refractivity contribution is 7.92. The normalized spacial score (nSPS) is 14.4. The molecule has 0 unspecified atom stereocenters. The van der Waals surface area contributed by atoms with Crippen LogP contribution in [0.15, 0.2) is 71.6 Å². The molecule has 3 aromatic carbocycles. The van der Waals surface area contributed by atoms with Crippen LogP contribution in [0.4, 0.5) is 5.69 Å². The standard InChI is InChI=1S/C33H40ClN3O4S/c1-5-30(33(39)35-28-11-6-7-12-28)36(21-26-10-8-9-24(3)19-26)32(38)22-37(31-18-15-27(34)20-25(31)4)42(40,41)29-16-13-23(2)14-17-29/h8-10,13-20,28,30H,5-7,11-12,21-22H2,1-4H3,(H,35,39)/t30-/m1/s1. The van der Waals surface area contributed by atoms with Crippen molar-refractivity contribution in [2.45, 2.75) is 83.3 Å². The Labute approximate surface area is 254 Å². The van der Waals surface area contributed by atoms with Gasteiger partial charge in [-0.2, -0.15) is 0 Å². The average Bonchev–Trinajstić information content (AvgIpc) is 3.45. The summed E-state index contributed by atoms with van der Waals surface area (Å²) in [6.45, 7) is 7.19. The van der Waals surface area contributed by atoms with E-state index in [0.29, 0.717) is 22.7 Å². The molecule has 1 aliphatic carbocycles. The van der Waals surface area contributed by atoms with Gasteiger partial charge in [0.05, 0.1) is 10.6 Å². The van der Waals surface area contributed by atoms with E-state index in [1.165, 1.54) is 4.90 Å². The second-order valence-corrected chi connectivity index (χ2v) is 13.5. The fourth-order valence-electron chi connectivity index (χ4n) is 5.54. The number of carbonyl (C=O) groups excluding carboxylic acids is 2. The van der Waals surface area contributed by atoms with Gasteiger partial charge >= 0.3 is 0 Å². The van der Waals surface area contributed by atoms with Crippen molar-refractivity contribution >= 4 is 39.1 Å². The SMILES string of the molecule is CC[C@H](C(=O)NC1CCCC1)N(Cc1cccc(C)c1)C(=O)CN(c1ccc(Cl)cc1C)S(=O)(=O)c1ccc(C)cc1. The van der Waals surface area contributed by atoms with Gasteiger partial charge in [-0.1, -0.05) is 78.9 Å². The first-order valence-electron chi connectivity index (χ1n) is 14.5. The predicted octanol–water partition coefficient (Wildman–Crippen LogP) is 6.33. The van der Waals surface area contributed by atoms with E-state index >= 15 is 0 Å². The number of hydrogen-bond donors (Lipinski definition) is 1. The second-order valence-electron chi connectivity index (χ2n) is 11.2. The molecule has 0 saturated heterocycles. The number of benzene rings is 3. The molecule has 0 bridgehead atoms. The van der Waals surface area contributed by atoms with Gasteiger partial charge in [0.2, 0.25) is 11.8 Å². The van der Waals surface area contributed by atoms with E-state index in [-0.39, 0.29) is 23.4 Å². The van der Waals surface area contributed by atoms with Gasteiger partial charge in [0.1, 0.15) is 12.6 Å². The topological polar surface area (TPSA) is 86.8 Å². The smallest absolute Gasteiger partial charge is 0.264 e. The molecule has 0 aliphatic heterocycles. The quantitative estimate of drug-likeness (QED) is 0.275. The van der Waals surface area contributed by atoms with E-state index in [4.69, 9.17) is 11.6 Å². The molecular formula is C33H40ClN3O4S. The lowest BCUT2D eigenvalue weighted by Gasteiger charge is -2.34. The summed E-state index contributed by atoms with van der Waals surface area (Å²) >= 11 is 6.21. The first kappa shape index (κ1) is 31.6. The van der Waals surface area contributed by atoms with Crippen molar-refractivity contribution in [2.75, 3.05) is 10.8 Å². The number of aryl methyl sites for hydroxylation is 3. The van der Waals surface area contributed by atoms with Crippen LogP contribution in [0.5, 0.6) is 0 Å². The monoisotopic (exact) mass is 609 g/mol. The summed E-state index contributed by atoms with van der Waals surface area (Å²) in [5, 5.41) is 3.61. The Morgan fingerprint density at radius 2 is 1.64 bits per heavy atom. The minimum absolute atomic E-state index is 0.0755. The van der Waals surface area contributed by atoms with Crippen LogP contribution in [-0.2, 0) is 26.2 Å². The van der Waals surface area contributed by atoms with Crippen LogP contribution in [0.1, 0.15) is 61.3 Å². The highest BCUT2D eigenvalue weighted by Crippen LogP contribution is 2.30. The molecule has 3 aromatic rings. The van der Waals surface area contributed by atoms with Gasteiger partial charge in [-0.3, -0.25) is 13.9 Å². The van der Waals surface area contributed by atoms with Crippen LogP contribution < -0.4 is 9.62 Å². The van der Waals surface area contributed by atoms with Crippen molar-refractivity contribution in [2.24, 2.45) is 0 Å². The summed E-state index contributed by atoms with van der Waals surface area (Å²) in [7, 11) is -4.14. The molecule has 2 amide bonds. The Balaban J connectivity index is 1.74. The number of nitrogens with one attached hydrogen (secondary N) is 1. The number of amides is 2. The minimum atomic E-state index is -4.14. The maximum atomic E-state index is 14.3. The fourth-order valence-corrected chi connectivity index (χ4v) is 7.25. The number of halogens is 1. The van der Waals surface area contributed by atoms with E-state index in [2.05, 4.69) is 5.32 Å². The molecule has 1 saturated carbocycles. The molecular weight excluding hydrogens is 570 g/mol. The zero-order valence-electron chi connectivity index (χ0n) is 24.8. The summed E-state index contributed by atoms with van der Waals surface area (Å²) in [4.78, 5) is 29.5. The number of anilines is 1. The number of carbonyl (C=O) groups is 2. The van der Waals surface area contributed by atoms with Crippen LogP contribution in [0.2, 0.25) is 5.02 Å². The van der Waals surface area contributed by atoms with Crippen molar-refractivity contribution in [3.05, 3.63) is 94.0 Å². The summed E-state index contributed by atoms with van der Waals surface area (Å²) in [6.07, 6.45) is 4.37. The van der Waals surface area contributed by atoms with Gasteiger partial charge in [0, 0.05) is 17.6 Å². The predicted molar refractivity (Wildman–Crippen MR) is 168 cm³/mol. The van der Waals surface area contributed by atoms with Crippen LogP contribution in [0, 0.1) is 20.8 Å². The molecule has 0 radical (unpaired) electrons. The fraction of sp³-hybridized carbons (Fsp3) is 0.394. The third-order valence-corrected chi connectivity index (χ3v) is 9.85. The molecule has 1 atom stereocenters. The number of nitrogens with zero attached hydrogens (tertiary/aromatic N) is 2. The van der Waals surface area contributed by atoms with Gasteiger partial charge < -0.3 is 10.2 Å². The summed E-state index contributed by atoms with van der Waals surface area (Å²) in [5.74, 6) is -0.670. The molecule has 42 heavy (non-hydrogen) atoms. The van der Waals surface area contributed by atoms with Crippen molar-refractivity contribution in [3.8, 4) is 0 Å². The first-order chi connectivity index (χ1) is 20.0. The van der Waals surface area contributed by atoms with Crippen molar-refractivity contribution in [1.29, 1.82) is 0 Å². The third kappa shape index (κ3) is 7.53. The summed E-state index contributed by atoms with van der Waals surface area (Å²) in [5.41, 5.74) is 3.78. The molecule has 0 aromatic heterocycles. The molecule has 224 valence electrons. The van der Waals surface area contributed by atoms with Gasteiger partial charge in [0.15, 0.2) is 0 Å². The Kier molecular flexibility index (Phi) is 10.3. The van der Waals surface area contributed by atoms with E-state index in [1.807, 2.05) is 45.0 Å². The summed E-state index contributed by atoms with van der Waals surface area (Å²) < 4.78 is 29.3. The lowest BCUT2D eigenvalue weighted by molar-refractivity contribution is -0.140. The van der Waals surface area contributed by atoms with E-state index < -0.39 is 28.5 Å². The Morgan fingerprint density at radius 3 is 2.26 bits per heavy atom. The molecule has 4 rings (SSSR count). The zero-order valence-corrected chi connectivity index (χ0v) is 26.3. The molecule has 0 spiro atoms. The van der Waals surface area contributed by atoms with E-state index in [0.717, 1.165) is 46.7 Å². The molecule has 0 heterocycles. The second kappa shape index (κ2) is 13.7. The van der Waals surface area contributed by atoms with Crippen molar-refractivity contribution in [3.63, 3.8) is 0 Å². The van der Waals surface area contributed by atoms with E-state index in [1.54, 1.807) is 49.4 Å². The van der Waals surface area contributed by atoms with Gasteiger partial charge in [0.25, 0.3) is 10.0 Å². The number of sulfonamides is 1. The zero-order chi connectivity index (χ0) is 30.4.